The van der Waals surface area contributed by atoms with Crippen molar-refractivity contribution in [3.63, 3.8) is 0 Å². The predicted molar refractivity (Wildman–Crippen MR) is 110 cm³/mol. The summed E-state index contributed by atoms with van der Waals surface area (Å²) in [6, 6.07) is 25.8. The summed E-state index contributed by atoms with van der Waals surface area (Å²) in [6.45, 7) is 4.43. The Balaban J connectivity index is 1.73. The summed E-state index contributed by atoms with van der Waals surface area (Å²) in [5.74, 6) is 1.56. The number of benzene rings is 3. The van der Waals surface area contributed by atoms with Crippen LogP contribution in [0, 0.1) is 18.3 Å². The Morgan fingerprint density at radius 2 is 1.27 bits per heavy atom. The first-order valence-corrected chi connectivity index (χ1v) is 9.23. The fraction of sp³-hybridized carbons (Fsp3) is 0.208. The predicted octanol–water partition coefficient (Wildman–Crippen LogP) is 6.59. The van der Waals surface area contributed by atoms with Crippen molar-refractivity contribution in [2.24, 2.45) is 5.92 Å². The minimum absolute atomic E-state index is 0.740. The average Bonchev–Trinajstić information content (AvgIpc) is 3.41. The van der Waals surface area contributed by atoms with Gasteiger partial charge in [-0.1, -0.05) is 48.9 Å². The second-order valence-electron chi connectivity index (χ2n) is 7.32. The van der Waals surface area contributed by atoms with Crippen LogP contribution in [0.1, 0.15) is 36.0 Å². The van der Waals surface area contributed by atoms with E-state index >= 15 is 0 Å². The number of aryl methyl sites for hydroxylation is 1. The highest BCUT2D eigenvalue weighted by atomic mass is 15.1. The molecule has 2 atom stereocenters. The Labute approximate surface area is 155 Å². The molecular weight excluding hydrogens is 316 g/mol. The van der Waals surface area contributed by atoms with Crippen LogP contribution in [-0.2, 0) is 0 Å². The minimum atomic E-state index is 0.740. The third-order valence-electron chi connectivity index (χ3n) is 5.30. The van der Waals surface area contributed by atoms with Gasteiger partial charge in [0.2, 0.25) is 0 Å². The summed E-state index contributed by atoms with van der Waals surface area (Å²) < 4.78 is 0. The van der Waals surface area contributed by atoms with E-state index in [0.717, 1.165) is 34.5 Å². The van der Waals surface area contributed by atoms with E-state index in [9.17, 15) is 0 Å². The van der Waals surface area contributed by atoms with Crippen LogP contribution in [0.2, 0.25) is 0 Å². The Hall–Kier alpha value is -2.87. The van der Waals surface area contributed by atoms with Crippen molar-refractivity contribution >= 4 is 23.3 Å². The summed E-state index contributed by atoms with van der Waals surface area (Å²) in [7, 11) is 0. The molecule has 26 heavy (non-hydrogen) atoms. The van der Waals surface area contributed by atoms with Crippen LogP contribution in [0.15, 0.2) is 72.8 Å². The molecule has 0 saturated heterocycles. The maximum absolute atomic E-state index is 7.42. The molecule has 2 nitrogen and oxygen atoms in total. The van der Waals surface area contributed by atoms with Gasteiger partial charge in [-0.05, 0) is 72.7 Å². The highest BCUT2D eigenvalue weighted by molar-refractivity contribution is 5.81. The maximum atomic E-state index is 7.42. The molecule has 0 spiro atoms. The maximum Gasteiger partial charge on any atom is 0.0462 e. The van der Waals surface area contributed by atoms with Crippen LogP contribution in [0.3, 0.4) is 0 Å². The molecule has 1 aliphatic carbocycles. The van der Waals surface area contributed by atoms with Gasteiger partial charge in [-0.3, -0.25) is 0 Å². The Bertz CT molecular complexity index is 892. The Morgan fingerprint density at radius 1 is 0.808 bits per heavy atom. The monoisotopic (exact) mass is 340 g/mol. The third-order valence-corrected chi connectivity index (χ3v) is 5.30. The SMILES string of the molecule is Cc1ccc(N(c2ccc(C=N)cc2)c2ccc(C3CC3C)cc2)cc1. The van der Waals surface area contributed by atoms with E-state index in [4.69, 9.17) is 5.41 Å². The number of hydrogen-bond acceptors (Lipinski definition) is 2. The zero-order valence-corrected chi connectivity index (χ0v) is 15.3. The standard InChI is InChI=1S/C24H24N2/c1-17-3-9-21(10-4-17)26(22-11-5-19(16-25)6-12-22)23-13-7-20(8-14-23)24-15-18(24)2/h3-14,16,18,24-25H,15H2,1-2H3. The molecule has 0 aromatic heterocycles. The van der Waals surface area contributed by atoms with Gasteiger partial charge in [-0.2, -0.15) is 0 Å². The van der Waals surface area contributed by atoms with E-state index in [1.54, 1.807) is 0 Å². The number of hydrogen-bond donors (Lipinski definition) is 1. The van der Waals surface area contributed by atoms with E-state index in [2.05, 4.69) is 79.4 Å². The van der Waals surface area contributed by atoms with Gasteiger partial charge in [-0.25, -0.2) is 0 Å². The zero-order chi connectivity index (χ0) is 18.1. The molecule has 1 fully saturated rings. The smallest absolute Gasteiger partial charge is 0.0462 e. The van der Waals surface area contributed by atoms with Crippen LogP contribution in [-0.4, -0.2) is 6.21 Å². The van der Waals surface area contributed by atoms with E-state index in [-0.39, 0.29) is 0 Å². The van der Waals surface area contributed by atoms with Crippen LogP contribution in [0.25, 0.3) is 0 Å². The number of nitrogens with zero attached hydrogens (tertiary/aromatic N) is 1. The first-order valence-electron chi connectivity index (χ1n) is 9.23. The van der Waals surface area contributed by atoms with E-state index < -0.39 is 0 Å². The topological polar surface area (TPSA) is 27.1 Å². The highest BCUT2D eigenvalue weighted by Gasteiger charge is 2.33. The largest absolute Gasteiger partial charge is 0.311 e. The summed E-state index contributed by atoms with van der Waals surface area (Å²) in [6.07, 6.45) is 2.69. The quantitative estimate of drug-likeness (QED) is 0.521. The molecule has 130 valence electrons. The first kappa shape index (κ1) is 16.6. The van der Waals surface area contributed by atoms with Gasteiger partial charge < -0.3 is 10.3 Å². The molecule has 0 amide bonds. The molecule has 2 unspecified atom stereocenters. The van der Waals surface area contributed by atoms with Gasteiger partial charge in [0.25, 0.3) is 0 Å². The summed E-state index contributed by atoms with van der Waals surface area (Å²) in [4.78, 5) is 2.27. The zero-order valence-electron chi connectivity index (χ0n) is 15.3. The van der Waals surface area contributed by atoms with Crippen LogP contribution in [0.4, 0.5) is 17.1 Å². The van der Waals surface area contributed by atoms with Gasteiger partial charge in [0.15, 0.2) is 0 Å². The fourth-order valence-corrected chi connectivity index (χ4v) is 3.52. The summed E-state index contributed by atoms with van der Waals surface area (Å²) in [5.41, 5.74) is 7.03. The molecule has 0 aliphatic heterocycles. The van der Waals surface area contributed by atoms with Gasteiger partial charge >= 0.3 is 0 Å². The summed E-state index contributed by atoms with van der Waals surface area (Å²) in [5, 5.41) is 7.42. The van der Waals surface area contributed by atoms with Gasteiger partial charge in [0.05, 0.1) is 0 Å². The van der Waals surface area contributed by atoms with Crippen molar-refractivity contribution in [1.29, 1.82) is 5.41 Å². The van der Waals surface area contributed by atoms with E-state index in [1.807, 2.05) is 12.1 Å². The second kappa shape index (κ2) is 6.80. The Kier molecular flexibility index (Phi) is 4.34. The molecular formula is C24H24N2. The van der Waals surface area contributed by atoms with E-state index in [1.165, 1.54) is 23.8 Å². The minimum Gasteiger partial charge on any atom is -0.311 e. The van der Waals surface area contributed by atoms with Crippen molar-refractivity contribution in [3.05, 3.63) is 89.5 Å². The lowest BCUT2D eigenvalue weighted by Crippen LogP contribution is -2.10. The molecule has 1 aliphatic rings. The normalized spacial score (nSPS) is 18.4. The van der Waals surface area contributed by atoms with E-state index in [0.29, 0.717) is 0 Å². The van der Waals surface area contributed by atoms with Crippen molar-refractivity contribution in [1.82, 2.24) is 0 Å². The van der Waals surface area contributed by atoms with Gasteiger partial charge in [-0.15, -0.1) is 0 Å². The lowest BCUT2D eigenvalue weighted by Gasteiger charge is -2.26. The molecule has 0 radical (unpaired) electrons. The molecule has 0 heterocycles. The number of rotatable bonds is 5. The molecule has 3 aromatic carbocycles. The van der Waals surface area contributed by atoms with Gasteiger partial charge in [0, 0.05) is 23.3 Å². The van der Waals surface area contributed by atoms with Crippen molar-refractivity contribution in [2.75, 3.05) is 4.90 Å². The molecule has 4 rings (SSSR count). The molecule has 1 N–H and O–H groups in total. The van der Waals surface area contributed by atoms with Crippen molar-refractivity contribution in [2.45, 2.75) is 26.2 Å². The second-order valence-corrected chi connectivity index (χ2v) is 7.32. The van der Waals surface area contributed by atoms with Crippen LogP contribution < -0.4 is 4.90 Å². The highest BCUT2D eigenvalue weighted by Crippen LogP contribution is 2.47. The Morgan fingerprint density at radius 3 is 1.73 bits per heavy atom. The van der Waals surface area contributed by atoms with Gasteiger partial charge in [0.1, 0.15) is 0 Å². The van der Waals surface area contributed by atoms with Crippen molar-refractivity contribution < 1.29 is 0 Å². The fourth-order valence-electron chi connectivity index (χ4n) is 3.52. The number of nitrogens with one attached hydrogen (secondary N) is 1. The molecule has 1 saturated carbocycles. The van der Waals surface area contributed by atoms with Crippen LogP contribution in [0.5, 0.6) is 0 Å². The lowest BCUT2D eigenvalue weighted by molar-refractivity contribution is 0.914. The number of anilines is 3. The molecule has 0 bridgehead atoms. The lowest BCUT2D eigenvalue weighted by atomic mass is 10.1. The molecule has 3 aromatic rings. The third kappa shape index (κ3) is 3.28. The van der Waals surface area contributed by atoms with Crippen LogP contribution >= 0.6 is 0 Å². The summed E-state index contributed by atoms with van der Waals surface area (Å²) >= 11 is 0. The first-order chi connectivity index (χ1) is 12.7. The molecule has 2 heteroatoms. The van der Waals surface area contributed by atoms with Crippen molar-refractivity contribution in [3.8, 4) is 0 Å². The average molecular weight is 340 g/mol.